The maximum absolute atomic E-state index is 11.4. The molecular weight excluding hydrogens is 188 g/mol. The van der Waals surface area contributed by atoms with E-state index in [1.165, 1.54) is 12.3 Å². The van der Waals surface area contributed by atoms with Crippen molar-refractivity contribution in [1.29, 1.82) is 0 Å². The fourth-order valence-corrected chi connectivity index (χ4v) is 1.74. The second-order valence-electron chi connectivity index (χ2n) is 2.61. The van der Waals surface area contributed by atoms with E-state index in [9.17, 15) is 8.42 Å². The van der Waals surface area contributed by atoms with Crippen molar-refractivity contribution in [2.75, 3.05) is 5.75 Å². The molecule has 1 heterocycles. The summed E-state index contributed by atoms with van der Waals surface area (Å²) in [7, 11) is -3.20. The molecule has 72 valence electrons. The second kappa shape index (κ2) is 3.85. The quantitative estimate of drug-likeness (QED) is 0.763. The van der Waals surface area contributed by atoms with E-state index in [2.05, 4.69) is 4.98 Å². The van der Waals surface area contributed by atoms with Gasteiger partial charge in [0.1, 0.15) is 0 Å². The summed E-state index contributed by atoms with van der Waals surface area (Å²) in [4.78, 5) is 3.79. The Bertz CT molecular complexity index is 387. The molecule has 0 bridgehead atoms. The van der Waals surface area contributed by atoms with Gasteiger partial charge in [0, 0.05) is 12.7 Å². The van der Waals surface area contributed by atoms with Gasteiger partial charge in [-0.05, 0) is 17.7 Å². The zero-order chi connectivity index (χ0) is 9.90. The van der Waals surface area contributed by atoms with Gasteiger partial charge in [-0.15, -0.1) is 0 Å². The first-order chi connectivity index (χ1) is 6.10. The standard InChI is InChI=1S/C8H12N2O2S/c1-2-13(11,12)8-5-7(6-9)3-4-10-8/h3-5H,2,6,9H2,1H3. The molecule has 13 heavy (non-hydrogen) atoms. The van der Waals surface area contributed by atoms with Crippen LogP contribution in [-0.2, 0) is 16.4 Å². The van der Waals surface area contributed by atoms with Crippen LogP contribution in [0.2, 0.25) is 0 Å². The van der Waals surface area contributed by atoms with Gasteiger partial charge in [0.2, 0.25) is 0 Å². The third-order valence-electron chi connectivity index (χ3n) is 1.73. The minimum Gasteiger partial charge on any atom is -0.326 e. The fraction of sp³-hybridized carbons (Fsp3) is 0.375. The highest BCUT2D eigenvalue weighted by molar-refractivity contribution is 7.91. The molecule has 1 aromatic heterocycles. The molecule has 0 aliphatic heterocycles. The summed E-state index contributed by atoms with van der Waals surface area (Å²) in [6.07, 6.45) is 1.46. The maximum atomic E-state index is 11.4. The van der Waals surface area contributed by atoms with Gasteiger partial charge in [0.05, 0.1) is 5.75 Å². The Balaban J connectivity index is 3.17. The molecule has 0 amide bonds. The Morgan fingerprint density at radius 2 is 2.23 bits per heavy atom. The minimum absolute atomic E-state index is 0.0635. The lowest BCUT2D eigenvalue weighted by Crippen LogP contribution is -2.07. The fourth-order valence-electron chi connectivity index (χ4n) is 0.895. The summed E-state index contributed by atoms with van der Waals surface area (Å²) >= 11 is 0. The Labute approximate surface area is 77.7 Å². The minimum atomic E-state index is -3.20. The summed E-state index contributed by atoms with van der Waals surface area (Å²) in [6.45, 7) is 1.92. The molecule has 0 saturated carbocycles. The summed E-state index contributed by atoms with van der Waals surface area (Å²) in [6, 6.07) is 3.22. The molecule has 5 heteroatoms. The maximum Gasteiger partial charge on any atom is 0.195 e. The largest absolute Gasteiger partial charge is 0.326 e. The molecule has 1 rings (SSSR count). The van der Waals surface area contributed by atoms with Gasteiger partial charge in [-0.2, -0.15) is 0 Å². The van der Waals surface area contributed by atoms with Crippen LogP contribution in [0.3, 0.4) is 0 Å². The number of hydrogen-bond acceptors (Lipinski definition) is 4. The van der Waals surface area contributed by atoms with Crippen molar-refractivity contribution in [2.45, 2.75) is 18.5 Å². The van der Waals surface area contributed by atoms with Crippen LogP contribution < -0.4 is 5.73 Å². The number of nitrogens with two attached hydrogens (primary N) is 1. The number of pyridine rings is 1. The van der Waals surface area contributed by atoms with Crippen molar-refractivity contribution >= 4 is 9.84 Å². The summed E-state index contributed by atoms with van der Waals surface area (Å²) in [5, 5.41) is 0.109. The number of nitrogens with zero attached hydrogens (tertiary/aromatic N) is 1. The van der Waals surface area contributed by atoms with Crippen molar-refractivity contribution in [1.82, 2.24) is 4.98 Å². The Kier molecular flexibility index (Phi) is 3.00. The molecule has 0 atom stereocenters. The van der Waals surface area contributed by atoms with Gasteiger partial charge in [-0.3, -0.25) is 0 Å². The van der Waals surface area contributed by atoms with Crippen LogP contribution in [0, 0.1) is 0 Å². The third kappa shape index (κ3) is 2.26. The van der Waals surface area contributed by atoms with Crippen LogP contribution in [0.15, 0.2) is 23.4 Å². The molecule has 0 radical (unpaired) electrons. The average Bonchev–Trinajstić information content (AvgIpc) is 2.18. The van der Waals surface area contributed by atoms with Gasteiger partial charge >= 0.3 is 0 Å². The zero-order valence-electron chi connectivity index (χ0n) is 7.40. The van der Waals surface area contributed by atoms with E-state index in [1.807, 2.05) is 0 Å². The van der Waals surface area contributed by atoms with Gasteiger partial charge < -0.3 is 5.73 Å². The Hall–Kier alpha value is -0.940. The average molecular weight is 200 g/mol. The van der Waals surface area contributed by atoms with Crippen LogP contribution in [0.25, 0.3) is 0 Å². The van der Waals surface area contributed by atoms with Crippen molar-refractivity contribution in [3.63, 3.8) is 0 Å². The van der Waals surface area contributed by atoms with E-state index < -0.39 is 9.84 Å². The summed E-state index contributed by atoms with van der Waals surface area (Å²) in [5.74, 6) is 0.0635. The highest BCUT2D eigenvalue weighted by Gasteiger charge is 2.12. The van der Waals surface area contributed by atoms with Gasteiger partial charge in [0.25, 0.3) is 0 Å². The molecule has 0 aliphatic carbocycles. The van der Waals surface area contributed by atoms with Crippen molar-refractivity contribution in [3.05, 3.63) is 23.9 Å². The van der Waals surface area contributed by atoms with Crippen molar-refractivity contribution in [3.8, 4) is 0 Å². The monoisotopic (exact) mass is 200 g/mol. The van der Waals surface area contributed by atoms with Crippen LogP contribution >= 0.6 is 0 Å². The molecule has 0 saturated heterocycles. The first kappa shape index (κ1) is 10.1. The van der Waals surface area contributed by atoms with Crippen molar-refractivity contribution in [2.24, 2.45) is 5.73 Å². The molecule has 4 nitrogen and oxygen atoms in total. The molecule has 0 spiro atoms. The van der Waals surface area contributed by atoms with Crippen LogP contribution in [0.4, 0.5) is 0 Å². The number of hydrogen-bond donors (Lipinski definition) is 1. The normalized spacial score (nSPS) is 11.5. The number of aromatic nitrogens is 1. The molecule has 0 unspecified atom stereocenters. The Morgan fingerprint density at radius 3 is 2.77 bits per heavy atom. The molecule has 0 aromatic carbocycles. The van der Waals surface area contributed by atoms with E-state index in [1.54, 1.807) is 13.0 Å². The lowest BCUT2D eigenvalue weighted by atomic mass is 10.3. The van der Waals surface area contributed by atoms with E-state index in [0.717, 1.165) is 5.56 Å². The number of sulfone groups is 1. The molecule has 1 aromatic rings. The molecule has 0 aliphatic rings. The molecule has 2 N–H and O–H groups in total. The third-order valence-corrected chi connectivity index (χ3v) is 3.35. The van der Waals surface area contributed by atoms with E-state index in [0.29, 0.717) is 6.54 Å². The lowest BCUT2D eigenvalue weighted by Gasteiger charge is -2.01. The predicted molar refractivity (Wildman–Crippen MR) is 49.9 cm³/mol. The van der Waals surface area contributed by atoms with E-state index >= 15 is 0 Å². The van der Waals surface area contributed by atoms with Crippen LogP contribution in [0.5, 0.6) is 0 Å². The smallest absolute Gasteiger partial charge is 0.195 e. The Morgan fingerprint density at radius 1 is 1.54 bits per heavy atom. The zero-order valence-corrected chi connectivity index (χ0v) is 8.21. The summed E-state index contributed by atoms with van der Waals surface area (Å²) < 4.78 is 22.7. The van der Waals surface area contributed by atoms with E-state index in [4.69, 9.17) is 5.73 Å². The molecular formula is C8H12N2O2S. The first-order valence-corrected chi connectivity index (χ1v) is 5.63. The van der Waals surface area contributed by atoms with Crippen LogP contribution in [0.1, 0.15) is 12.5 Å². The predicted octanol–water partition coefficient (Wildman–Crippen LogP) is 0.334. The van der Waals surface area contributed by atoms with Crippen molar-refractivity contribution < 1.29 is 8.42 Å². The van der Waals surface area contributed by atoms with Gasteiger partial charge in [0.15, 0.2) is 14.9 Å². The highest BCUT2D eigenvalue weighted by Crippen LogP contribution is 2.09. The second-order valence-corrected chi connectivity index (χ2v) is 4.83. The van der Waals surface area contributed by atoms with Gasteiger partial charge in [-0.25, -0.2) is 13.4 Å². The lowest BCUT2D eigenvalue weighted by molar-refractivity contribution is 0.593. The summed E-state index contributed by atoms with van der Waals surface area (Å²) in [5.41, 5.74) is 6.16. The SMILES string of the molecule is CCS(=O)(=O)c1cc(CN)ccn1. The van der Waals surface area contributed by atoms with Gasteiger partial charge in [-0.1, -0.05) is 6.92 Å². The molecule has 0 fully saturated rings. The number of rotatable bonds is 3. The van der Waals surface area contributed by atoms with E-state index in [-0.39, 0.29) is 10.8 Å². The first-order valence-electron chi connectivity index (χ1n) is 3.98. The topological polar surface area (TPSA) is 73.0 Å². The highest BCUT2D eigenvalue weighted by atomic mass is 32.2. The van der Waals surface area contributed by atoms with Crippen LogP contribution in [-0.4, -0.2) is 19.2 Å².